The molecule has 0 bridgehead atoms. The van der Waals surface area contributed by atoms with Crippen molar-refractivity contribution in [3.05, 3.63) is 69.7 Å². The molecule has 2 rings (SSSR count). The Bertz CT molecular complexity index is 770. The average Bonchev–Trinajstić information content (AvgIpc) is 2.67. The van der Waals surface area contributed by atoms with Crippen molar-refractivity contribution < 1.29 is 14.0 Å². The largest absolute Gasteiger partial charge is 0.353 e. The number of nitrogens with one attached hydrogen (secondary N) is 2. The van der Waals surface area contributed by atoms with Crippen LogP contribution in [-0.4, -0.2) is 19.6 Å². The predicted octanol–water partition coefficient (Wildman–Crippen LogP) is 5.31. The van der Waals surface area contributed by atoms with Gasteiger partial charge in [-0.3, -0.25) is 4.79 Å². The molecular formula is C19H20Cl2N2O3S. The quantitative estimate of drug-likeness (QED) is 0.177. The maximum absolute atomic E-state index is 11.9. The van der Waals surface area contributed by atoms with E-state index < -0.39 is 0 Å². The number of hydrogen-bond donors (Lipinski definition) is 2. The van der Waals surface area contributed by atoms with Gasteiger partial charge < -0.3 is 10.0 Å². The molecule has 0 aliphatic heterocycles. The molecule has 8 heteroatoms. The van der Waals surface area contributed by atoms with Crippen LogP contribution in [0.25, 0.3) is 6.08 Å². The van der Waals surface area contributed by atoms with Gasteiger partial charge in [0.2, 0.25) is 5.91 Å². The molecule has 0 spiro atoms. The summed E-state index contributed by atoms with van der Waals surface area (Å²) in [4.78, 5) is 16.4. The van der Waals surface area contributed by atoms with E-state index in [4.69, 9.17) is 23.2 Å². The maximum Gasteiger partial charge on any atom is 0.220 e. The molecule has 1 amide bonds. The smallest absolute Gasteiger partial charge is 0.220 e. The van der Waals surface area contributed by atoms with Crippen LogP contribution in [-0.2, 0) is 20.4 Å². The SMILES string of the molecule is COOSNc1ccc(CCC(=O)NCC=Cc2ccc(Cl)c(Cl)c2)cc1. The fourth-order valence-electron chi connectivity index (χ4n) is 2.17. The van der Waals surface area contributed by atoms with E-state index in [2.05, 4.69) is 19.3 Å². The molecule has 2 N–H and O–H groups in total. The van der Waals surface area contributed by atoms with E-state index in [1.54, 1.807) is 12.1 Å². The van der Waals surface area contributed by atoms with E-state index in [1.807, 2.05) is 42.5 Å². The molecule has 27 heavy (non-hydrogen) atoms. The third-order valence-electron chi connectivity index (χ3n) is 3.53. The molecule has 144 valence electrons. The summed E-state index contributed by atoms with van der Waals surface area (Å²) in [5.74, 6) is 0.0000372. The Labute approximate surface area is 173 Å². The van der Waals surface area contributed by atoms with Gasteiger partial charge in [-0.15, -0.1) is 4.33 Å². The van der Waals surface area contributed by atoms with Crippen LogP contribution in [0.2, 0.25) is 10.0 Å². The number of rotatable bonds is 10. The average molecular weight is 427 g/mol. The van der Waals surface area contributed by atoms with Gasteiger partial charge in [0.15, 0.2) is 0 Å². The van der Waals surface area contributed by atoms with E-state index in [0.29, 0.717) is 29.4 Å². The highest BCUT2D eigenvalue weighted by Crippen LogP contribution is 2.23. The van der Waals surface area contributed by atoms with Gasteiger partial charge in [0.25, 0.3) is 0 Å². The summed E-state index contributed by atoms with van der Waals surface area (Å²) in [5.41, 5.74) is 2.90. The number of amides is 1. The van der Waals surface area contributed by atoms with Crippen LogP contribution in [0.5, 0.6) is 0 Å². The first-order valence-electron chi connectivity index (χ1n) is 8.18. The summed E-state index contributed by atoms with van der Waals surface area (Å²) in [6.07, 6.45) is 4.86. The molecule has 0 fully saturated rings. The second-order valence-corrected chi connectivity index (χ2v) is 6.82. The third-order valence-corrected chi connectivity index (χ3v) is 4.79. The van der Waals surface area contributed by atoms with Gasteiger partial charge in [-0.25, -0.2) is 4.89 Å². The van der Waals surface area contributed by atoms with Gasteiger partial charge in [-0.1, -0.05) is 53.6 Å². The number of halogens is 2. The Balaban J connectivity index is 1.68. The minimum absolute atomic E-state index is 0.0000372. The van der Waals surface area contributed by atoms with Crippen LogP contribution in [0.3, 0.4) is 0 Å². The van der Waals surface area contributed by atoms with E-state index in [-0.39, 0.29) is 5.91 Å². The minimum atomic E-state index is 0.0000372. The topological polar surface area (TPSA) is 59.6 Å². The van der Waals surface area contributed by atoms with Gasteiger partial charge in [0.05, 0.1) is 17.2 Å². The summed E-state index contributed by atoms with van der Waals surface area (Å²) in [7, 11) is 1.44. The number of carbonyl (C=O) groups excluding carboxylic acids is 1. The van der Waals surface area contributed by atoms with Crippen molar-refractivity contribution in [2.24, 2.45) is 0 Å². The Morgan fingerprint density at radius 1 is 1.15 bits per heavy atom. The van der Waals surface area contributed by atoms with E-state index in [1.165, 1.54) is 7.11 Å². The molecule has 0 atom stereocenters. The van der Waals surface area contributed by atoms with E-state index in [9.17, 15) is 4.79 Å². The molecule has 0 aromatic heterocycles. The van der Waals surface area contributed by atoms with Crippen LogP contribution in [0, 0.1) is 0 Å². The molecule has 5 nitrogen and oxygen atoms in total. The maximum atomic E-state index is 11.9. The van der Waals surface area contributed by atoms with Gasteiger partial charge in [0.1, 0.15) is 12.2 Å². The van der Waals surface area contributed by atoms with Crippen molar-refractivity contribution in [2.75, 3.05) is 18.4 Å². The molecule has 0 saturated heterocycles. The zero-order valence-electron chi connectivity index (χ0n) is 14.7. The van der Waals surface area contributed by atoms with Crippen LogP contribution in [0.1, 0.15) is 17.5 Å². The van der Waals surface area contributed by atoms with E-state index in [0.717, 1.165) is 29.0 Å². The first-order valence-corrected chi connectivity index (χ1v) is 9.68. The van der Waals surface area contributed by atoms with Crippen molar-refractivity contribution in [1.82, 2.24) is 5.32 Å². The minimum Gasteiger partial charge on any atom is -0.353 e. The lowest BCUT2D eigenvalue weighted by molar-refractivity contribution is -0.159. The number of hydrogen-bond acceptors (Lipinski definition) is 5. The Morgan fingerprint density at radius 2 is 1.93 bits per heavy atom. The first-order chi connectivity index (χ1) is 13.1. The summed E-state index contributed by atoms with van der Waals surface area (Å²) in [6.45, 7) is 0.457. The predicted molar refractivity (Wildman–Crippen MR) is 113 cm³/mol. The zero-order valence-corrected chi connectivity index (χ0v) is 17.0. The van der Waals surface area contributed by atoms with Gasteiger partial charge in [-0.2, -0.15) is 0 Å². The van der Waals surface area contributed by atoms with Crippen LogP contribution in [0.15, 0.2) is 48.5 Å². The number of benzene rings is 2. The van der Waals surface area contributed by atoms with Crippen molar-refractivity contribution in [2.45, 2.75) is 12.8 Å². The Morgan fingerprint density at radius 3 is 2.63 bits per heavy atom. The zero-order chi connectivity index (χ0) is 19.5. The van der Waals surface area contributed by atoms with Crippen molar-refractivity contribution in [3.8, 4) is 0 Å². The second kappa shape index (κ2) is 11.9. The summed E-state index contributed by atoms with van der Waals surface area (Å²) in [6, 6.07) is 13.1. The molecule has 0 radical (unpaired) electrons. The standard InChI is InChI=1S/C19H20Cl2N2O3S/c1-25-26-27-23-16-8-4-14(5-9-16)7-11-19(24)22-12-2-3-15-6-10-17(20)18(21)13-15/h2-6,8-10,13,23H,7,11-12H2,1H3,(H,22,24). The number of anilines is 1. The fraction of sp³-hybridized carbons (Fsp3) is 0.211. The van der Waals surface area contributed by atoms with Gasteiger partial charge in [-0.05, 0) is 41.8 Å². The Hall–Kier alpha value is -1.70. The Kier molecular flexibility index (Phi) is 9.52. The lowest BCUT2D eigenvalue weighted by Gasteiger charge is -2.06. The highest BCUT2D eigenvalue weighted by molar-refractivity contribution is 7.95. The lowest BCUT2D eigenvalue weighted by Crippen LogP contribution is -2.23. The van der Waals surface area contributed by atoms with Gasteiger partial charge >= 0.3 is 0 Å². The number of carbonyl (C=O) groups is 1. The third kappa shape index (κ3) is 8.24. The van der Waals surface area contributed by atoms with Crippen LogP contribution in [0.4, 0.5) is 5.69 Å². The summed E-state index contributed by atoms with van der Waals surface area (Å²) < 4.78 is 7.63. The molecular weight excluding hydrogens is 407 g/mol. The molecule has 2 aromatic carbocycles. The van der Waals surface area contributed by atoms with Gasteiger partial charge in [0, 0.05) is 18.7 Å². The first kappa shape index (κ1) is 21.6. The van der Waals surface area contributed by atoms with Crippen LogP contribution >= 0.6 is 35.4 Å². The van der Waals surface area contributed by atoms with Crippen molar-refractivity contribution in [1.29, 1.82) is 0 Å². The monoisotopic (exact) mass is 426 g/mol. The number of aryl methyl sites for hydroxylation is 1. The molecule has 0 unspecified atom stereocenters. The molecule has 0 saturated carbocycles. The highest BCUT2D eigenvalue weighted by atomic mass is 35.5. The molecule has 0 heterocycles. The highest BCUT2D eigenvalue weighted by Gasteiger charge is 2.02. The summed E-state index contributed by atoms with van der Waals surface area (Å²) >= 11 is 12.8. The van der Waals surface area contributed by atoms with Crippen molar-refractivity contribution in [3.63, 3.8) is 0 Å². The molecule has 2 aromatic rings. The fourth-order valence-corrected chi connectivity index (χ4v) is 2.81. The van der Waals surface area contributed by atoms with Crippen LogP contribution < -0.4 is 10.0 Å². The van der Waals surface area contributed by atoms with E-state index >= 15 is 0 Å². The molecule has 0 aliphatic rings. The normalized spacial score (nSPS) is 10.9. The second-order valence-electron chi connectivity index (χ2n) is 5.50. The summed E-state index contributed by atoms with van der Waals surface area (Å²) in [5, 5.41) is 3.89. The lowest BCUT2D eigenvalue weighted by atomic mass is 10.1. The van der Waals surface area contributed by atoms with Crippen molar-refractivity contribution >= 4 is 53.1 Å². The molecule has 0 aliphatic carbocycles.